The standard InChI is InChI=1S/C7H13NS/c1-6-4-3-5-8-7(6)9-2/h6H,3-5H2,1-2H3. The lowest BCUT2D eigenvalue weighted by molar-refractivity contribution is 0.618. The molecule has 0 aliphatic carbocycles. The van der Waals surface area contributed by atoms with E-state index < -0.39 is 0 Å². The Balaban J connectivity index is 2.53. The van der Waals surface area contributed by atoms with Crippen LogP contribution in [0.2, 0.25) is 0 Å². The third-order valence-electron chi connectivity index (χ3n) is 1.69. The van der Waals surface area contributed by atoms with Gasteiger partial charge in [0.05, 0.1) is 5.04 Å². The van der Waals surface area contributed by atoms with Gasteiger partial charge in [0.2, 0.25) is 0 Å². The normalized spacial score (nSPS) is 27.8. The summed E-state index contributed by atoms with van der Waals surface area (Å²) in [6, 6.07) is 0. The third-order valence-corrected chi connectivity index (χ3v) is 2.64. The van der Waals surface area contributed by atoms with Gasteiger partial charge in [0.25, 0.3) is 0 Å². The average molecular weight is 143 g/mol. The van der Waals surface area contributed by atoms with Crippen LogP contribution < -0.4 is 0 Å². The van der Waals surface area contributed by atoms with Gasteiger partial charge in [-0.3, -0.25) is 4.99 Å². The minimum atomic E-state index is 0.730. The minimum absolute atomic E-state index is 0.730. The molecule has 0 saturated heterocycles. The molecule has 1 unspecified atom stereocenters. The highest BCUT2D eigenvalue weighted by Gasteiger charge is 2.12. The van der Waals surface area contributed by atoms with Crippen LogP contribution >= 0.6 is 11.8 Å². The monoisotopic (exact) mass is 143 g/mol. The van der Waals surface area contributed by atoms with E-state index in [9.17, 15) is 0 Å². The van der Waals surface area contributed by atoms with Gasteiger partial charge in [0, 0.05) is 12.5 Å². The number of nitrogens with zero attached hydrogens (tertiary/aromatic N) is 1. The summed E-state index contributed by atoms with van der Waals surface area (Å²) in [4.78, 5) is 4.41. The van der Waals surface area contributed by atoms with E-state index in [1.807, 2.05) is 0 Å². The van der Waals surface area contributed by atoms with Crippen LogP contribution in [0.25, 0.3) is 0 Å². The maximum absolute atomic E-state index is 4.41. The van der Waals surface area contributed by atoms with E-state index in [0.717, 1.165) is 12.5 Å². The number of aliphatic imine (C=N–C) groups is 1. The van der Waals surface area contributed by atoms with Crippen LogP contribution in [-0.2, 0) is 0 Å². The van der Waals surface area contributed by atoms with Crippen molar-refractivity contribution in [3.8, 4) is 0 Å². The van der Waals surface area contributed by atoms with E-state index in [4.69, 9.17) is 0 Å². The molecule has 0 bridgehead atoms. The molecule has 1 atom stereocenters. The van der Waals surface area contributed by atoms with Crippen LogP contribution in [0.4, 0.5) is 0 Å². The quantitative estimate of drug-likeness (QED) is 0.506. The summed E-state index contributed by atoms with van der Waals surface area (Å²) in [5.74, 6) is 0.730. The van der Waals surface area contributed by atoms with Crippen LogP contribution in [0.1, 0.15) is 19.8 Å². The van der Waals surface area contributed by atoms with Crippen LogP contribution in [-0.4, -0.2) is 17.8 Å². The molecule has 0 N–H and O–H groups in total. The molecule has 0 fully saturated rings. The molecule has 52 valence electrons. The Bertz CT molecular complexity index is 120. The first kappa shape index (κ1) is 7.13. The molecule has 1 aliphatic rings. The first-order valence-corrected chi connectivity index (χ1v) is 4.65. The Morgan fingerprint density at radius 1 is 1.67 bits per heavy atom. The minimum Gasteiger partial charge on any atom is -0.283 e. The van der Waals surface area contributed by atoms with Gasteiger partial charge >= 0.3 is 0 Å². The van der Waals surface area contributed by atoms with Gasteiger partial charge in [-0.2, -0.15) is 0 Å². The fraction of sp³-hybridized carbons (Fsp3) is 0.857. The summed E-state index contributed by atoms with van der Waals surface area (Å²) in [7, 11) is 0. The zero-order valence-corrected chi connectivity index (χ0v) is 6.87. The van der Waals surface area contributed by atoms with Crippen LogP contribution in [0.3, 0.4) is 0 Å². The summed E-state index contributed by atoms with van der Waals surface area (Å²) in [5.41, 5.74) is 0. The number of rotatable bonds is 0. The first-order valence-electron chi connectivity index (χ1n) is 3.43. The highest BCUT2D eigenvalue weighted by atomic mass is 32.2. The fourth-order valence-electron chi connectivity index (χ4n) is 1.13. The lowest BCUT2D eigenvalue weighted by Crippen LogP contribution is -2.12. The van der Waals surface area contributed by atoms with Crippen molar-refractivity contribution in [3.05, 3.63) is 0 Å². The predicted molar refractivity (Wildman–Crippen MR) is 44.2 cm³/mol. The summed E-state index contributed by atoms with van der Waals surface area (Å²) in [6.07, 6.45) is 4.73. The van der Waals surface area contributed by atoms with Crippen molar-refractivity contribution < 1.29 is 0 Å². The van der Waals surface area contributed by atoms with Gasteiger partial charge in [-0.15, -0.1) is 11.8 Å². The summed E-state index contributed by atoms with van der Waals surface area (Å²) >= 11 is 1.80. The Morgan fingerprint density at radius 2 is 2.44 bits per heavy atom. The molecule has 0 aromatic rings. The third kappa shape index (κ3) is 1.71. The van der Waals surface area contributed by atoms with Crippen molar-refractivity contribution in [1.82, 2.24) is 0 Å². The van der Waals surface area contributed by atoms with E-state index in [1.54, 1.807) is 11.8 Å². The number of thioether (sulfide) groups is 1. The molecule has 0 spiro atoms. The Kier molecular flexibility index (Phi) is 2.58. The van der Waals surface area contributed by atoms with Crippen molar-refractivity contribution in [1.29, 1.82) is 0 Å². The van der Waals surface area contributed by atoms with Crippen molar-refractivity contribution in [3.63, 3.8) is 0 Å². The Hall–Kier alpha value is 0.0200. The fourth-order valence-corrected chi connectivity index (χ4v) is 1.87. The predicted octanol–water partition coefficient (Wildman–Crippen LogP) is 2.18. The summed E-state index contributed by atoms with van der Waals surface area (Å²) < 4.78 is 0. The molecule has 0 radical (unpaired) electrons. The van der Waals surface area contributed by atoms with E-state index in [0.29, 0.717) is 0 Å². The van der Waals surface area contributed by atoms with Gasteiger partial charge in [-0.05, 0) is 19.1 Å². The highest BCUT2D eigenvalue weighted by Crippen LogP contribution is 2.19. The molecule has 2 heteroatoms. The lowest BCUT2D eigenvalue weighted by atomic mass is 10.1. The second kappa shape index (κ2) is 3.25. The topological polar surface area (TPSA) is 12.4 Å². The number of hydrogen-bond donors (Lipinski definition) is 0. The molecule has 0 saturated carbocycles. The molecule has 0 aromatic heterocycles. The first-order chi connectivity index (χ1) is 4.34. The van der Waals surface area contributed by atoms with Gasteiger partial charge < -0.3 is 0 Å². The molecule has 1 nitrogen and oxygen atoms in total. The lowest BCUT2D eigenvalue weighted by Gasteiger charge is -2.16. The molecule has 9 heavy (non-hydrogen) atoms. The maximum Gasteiger partial charge on any atom is 0.0701 e. The van der Waals surface area contributed by atoms with Crippen LogP contribution in [0.5, 0.6) is 0 Å². The van der Waals surface area contributed by atoms with Crippen molar-refractivity contribution in [2.75, 3.05) is 12.8 Å². The second-order valence-electron chi connectivity index (χ2n) is 2.47. The van der Waals surface area contributed by atoms with E-state index in [-0.39, 0.29) is 0 Å². The van der Waals surface area contributed by atoms with Crippen molar-refractivity contribution >= 4 is 16.8 Å². The Labute approximate surface area is 60.9 Å². The smallest absolute Gasteiger partial charge is 0.0701 e. The van der Waals surface area contributed by atoms with Crippen molar-refractivity contribution in [2.24, 2.45) is 10.9 Å². The van der Waals surface area contributed by atoms with Gasteiger partial charge in [0.1, 0.15) is 0 Å². The molecule has 0 aromatic carbocycles. The maximum atomic E-state index is 4.41. The molecule has 1 heterocycles. The van der Waals surface area contributed by atoms with Crippen LogP contribution in [0, 0.1) is 5.92 Å². The Morgan fingerprint density at radius 3 is 2.89 bits per heavy atom. The van der Waals surface area contributed by atoms with Gasteiger partial charge in [-0.1, -0.05) is 6.92 Å². The molecular weight excluding hydrogens is 130 g/mol. The van der Waals surface area contributed by atoms with Gasteiger partial charge in [-0.25, -0.2) is 0 Å². The van der Waals surface area contributed by atoms with E-state index >= 15 is 0 Å². The molecular formula is C7H13NS. The zero-order chi connectivity index (χ0) is 6.69. The van der Waals surface area contributed by atoms with Crippen LogP contribution in [0.15, 0.2) is 4.99 Å². The van der Waals surface area contributed by atoms with Crippen molar-refractivity contribution in [2.45, 2.75) is 19.8 Å². The van der Waals surface area contributed by atoms with Gasteiger partial charge in [0.15, 0.2) is 0 Å². The second-order valence-corrected chi connectivity index (χ2v) is 3.29. The van der Waals surface area contributed by atoms with E-state index in [2.05, 4.69) is 18.2 Å². The average Bonchev–Trinajstić information content (AvgIpc) is 1.89. The highest BCUT2D eigenvalue weighted by molar-refractivity contribution is 8.13. The molecule has 1 rings (SSSR count). The zero-order valence-electron chi connectivity index (χ0n) is 6.05. The SMILES string of the molecule is CSC1=NCCCC1C. The molecule has 0 amide bonds. The molecule has 1 aliphatic heterocycles. The number of hydrogen-bond acceptors (Lipinski definition) is 2. The summed E-state index contributed by atoms with van der Waals surface area (Å²) in [6.45, 7) is 3.31. The van der Waals surface area contributed by atoms with E-state index in [1.165, 1.54) is 17.9 Å². The summed E-state index contributed by atoms with van der Waals surface area (Å²) in [5, 5.41) is 1.35. The largest absolute Gasteiger partial charge is 0.283 e.